The molecule has 0 saturated heterocycles. The Morgan fingerprint density at radius 1 is 1.86 bits per heavy atom. The van der Waals surface area contributed by atoms with Crippen LogP contribution in [0.4, 0.5) is 0 Å². The van der Waals surface area contributed by atoms with Crippen molar-refractivity contribution in [1.29, 1.82) is 0 Å². The number of nitrogens with one attached hydrogen (secondary N) is 2. The summed E-state index contributed by atoms with van der Waals surface area (Å²) in [5.74, 6) is 4.82. The molecule has 0 aromatic rings. The van der Waals surface area contributed by atoms with E-state index in [2.05, 4.69) is 16.0 Å². The number of nitrogens with zero attached hydrogens (tertiary/aromatic N) is 1. The molecule has 0 aromatic carbocycles. The van der Waals surface area contributed by atoms with E-state index in [4.69, 9.17) is 5.84 Å². The van der Waals surface area contributed by atoms with Gasteiger partial charge in [-0.25, -0.2) is 0 Å². The number of hydrazine groups is 2. The van der Waals surface area contributed by atoms with E-state index in [0.29, 0.717) is 0 Å². The summed E-state index contributed by atoms with van der Waals surface area (Å²) in [6.07, 6.45) is 1.50. The van der Waals surface area contributed by atoms with Gasteiger partial charge in [0.15, 0.2) is 0 Å². The van der Waals surface area contributed by atoms with Crippen LogP contribution < -0.4 is 16.8 Å². The van der Waals surface area contributed by atoms with Crippen LogP contribution in [-0.2, 0) is 0 Å². The Morgan fingerprint density at radius 3 is 3.00 bits per heavy atom. The molecule has 0 aliphatic carbocycles. The first kappa shape index (κ1) is 6.39. The van der Waals surface area contributed by atoms with Gasteiger partial charge in [0.1, 0.15) is 0 Å². The van der Waals surface area contributed by atoms with E-state index in [1.807, 2.05) is 6.92 Å². The number of rotatable bonds is 3. The zero-order valence-corrected chi connectivity index (χ0v) is 4.31. The van der Waals surface area contributed by atoms with Gasteiger partial charge in [0.25, 0.3) is 0 Å². The standard InChI is InChI=1S/C3H10N4/c1-2-5-3-6-7-4/h3,7H,2,4H2,1H3,(H,5,6). The fourth-order valence-electron chi connectivity index (χ4n) is 0.174. The SMILES string of the molecule is CCN=CNNN. The second-order valence-corrected chi connectivity index (χ2v) is 0.917. The van der Waals surface area contributed by atoms with E-state index in [-0.39, 0.29) is 0 Å². The highest BCUT2D eigenvalue weighted by Gasteiger charge is 1.61. The summed E-state index contributed by atoms with van der Waals surface area (Å²) in [4.78, 5) is 3.78. The first-order valence-corrected chi connectivity index (χ1v) is 2.11. The van der Waals surface area contributed by atoms with Gasteiger partial charge in [0.2, 0.25) is 0 Å². The lowest BCUT2D eigenvalue weighted by molar-refractivity contribution is 0.704. The molecule has 0 bridgehead atoms. The van der Waals surface area contributed by atoms with Crippen LogP contribution in [0.1, 0.15) is 6.92 Å². The van der Waals surface area contributed by atoms with Gasteiger partial charge in [-0.3, -0.25) is 16.3 Å². The van der Waals surface area contributed by atoms with Crippen molar-refractivity contribution in [3.63, 3.8) is 0 Å². The van der Waals surface area contributed by atoms with Crippen LogP contribution >= 0.6 is 0 Å². The van der Waals surface area contributed by atoms with Crippen LogP contribution in [-0.4, -0.2) is 12.9 Å². The van der Waals surface area contributed by atoms with E-state index in [1.54, 1.807) is 0 Å². The molecule has 4 N–H and O–H groups in total. The average Bonchev–Trinajstić information content (AvgIpc) is 1.69. The maximum atomic E-state index is 4.82. The molecule has 0 spiro atoms. The van der Waals surface area contributed by atoms with Crippen molar-refractivity contribution in [2.75, 3.05) is 6.54 Å². The molecule has 0 aliphatic heterocycles. The quantitative estimate of drug-likeness (QED) is 0.185. The van der Waals surface area contributed by atoms with Crippen LogP contribution in [0.2, 0.25) is 0 Å². The smallest absolute Gasteiger partial charge is 0.0976 e. The van der Waals surface area contributed by atoms with Crippen molar-refractivity contribution < 1.29 is 0 Å². The Bertz CT molecular complexity index is 50.9. The van der Waals surface area contributed by atoms with Crippen molar-refractivity contribution in [2.45, 2.75) is 6.92 Å². The van der Waals surface area contributed by atoms with Crippen LogP contribution in [0, 0.1) is 0 Å². The van der Waals surface area contributed by atoms with E-state index < -0.39 is 0 Å². The molecule has 0 rings (SSSR count). The summed E-state index contributed by atoms with van der Waals surface area (Å²) < 4.78 is 0. The third-order valence-corrected chi connectivity index (χ3v) is 0.422. The van der Waals surface area contributed by atoms with Gasteiger partial charge < -0.3 is 0 Å². The Labute approximate surface area is 42.7 Å². The lowest BCUT2D eigenvalue weighted by atomic mass is 10.8. The first-order chi connectivity index (χ1) is 3.41. The minimum atomic E-state index is 0.772. The molecule has 0 amide bonds. The monoisotopic (exact) mass is 102 g/mol. The van der Waals surface area contributed by atoms with E-state index in [9.17, 15) is 0 Å². The van der Waals surface area contributed by atoms with E-state index in [0.717, 1.165) is 6.54 Å². The fraction of sp³-hybridized carbons (Fsp3) is 0.667. The maximum absolute atomic E-state index is 4.82. The first-order valence-electron chi connectivity index (χ1n) is 2.11. The summed E-state index contributed by atoms with van der Waals surface area (Å²) in [6, 6.07) is 0. The number of hydrogen-bond acceptors (Lipinski definition) is 3. The molecule has 0 radical (unpaired) electrons. The summed E-state index contributed by atoms with van der Waals surface area (Å²) in [6.45, 7) is 2.71. The molecular weight excluding hydrogens is 92.1 g/mol. The van der Waals surface area contributed by atoms with Gasteiger partial charge in [-0.15, -0.1) is 0 Å². The third kappa shape index (κ3) is 5.39. The molecule has 0 fully saturated rings. The minimum absolute atomic E-state index is 0.772. The molecule has 0 aromatic heterocycles. The highest BCUT2D eigenvalue weighted by atomic mass is 15.5. The van der Waals surface area contributed by atoms with Gasteiger partial charge in [-0.05, 0) is 6.92 Å². The number of hydrogen-bond donors (Lipinski definition) is 3. The van der Waals surface area contributed by atoms with Gasteiger partial charge in [0.05, 0.1) is 6.34 Å². The predicted molar refractivity (Wildman–Crippen MR) is 29.5 cm³/mol. The van der Waals surface area contributed by atoms with Crippen molar-refractivity contribution in [2.24, 2.45) is 10.8 Å². The normalized spacial score (nSPS) is 10.0. The van der Waals surface area contributed by atoms with Gasteiger partial charge >= 0.3 is 0 Å². The predicted octanol–water partition coefficient (Wildman–Crippen LogP) is -0.997. The molecule has 7 heavy (non-hydrogen) atoms. The van der Waals surface area contributed by atoms with Crippen LogP contribution in [0.25, 0.3) is 0 Å². The minimum Gasteiger partial charge on any atom is -0.299 e. The fourth-order valence-corrected chi connectivity index (χ4v) is 0.174. The van der Waals surface area contributed by atoms with Gasteiger partial charge in [0, 0.05) is 6.54 Å². The Kier molecular flexibility index (Phi) is 4.92. The topological polar surface area (TPSA) is 62.4 Å². The molecule has 0 atom stereocenters. The third-order valence-electron chi connectivity index (χ3n) is 0.422. The Balaban J connectivity index is 2.78. The zero-order chi connectivity index (χ0) is 5.54. The zero-order valence-electron chi connectivity index (χ0n) is 4.31. The Hall–Kier alpha value is -0.610. The molecule has 4 heteroatoms. The maximum Gasteiger partial charge on any atom is 0.0976 e. The van der Waals surface area contributed by atoms with Crippen LogP contribution in [0.5, 0.6) is 0 Å². The summed E-state index contributed by atoms with van der Waals surface area (Å²) in [5.41, 5.74) is 4.69. The highest BCUT2D eigenvalue weighted by molar-refractivity contribution is 5.52. The average molecular weight is 102 g/mol. The largest absolute Gasteiger partial charge is 0.299 e. The van der Waals surface area contributed by atoms with Crippen LogP contribution in [0.15, 0.2) is 4.99 Å². The van der Waals surface area contributed by atoms with Gasteiger partial charge in [-0.2, -0.15) is 5.53 Å². The molecule has 0 unspecified atom stereocenters. The molecule has 0 saturated carbocycles. The van der Waals surface area contributed by atoms with Crippen molar-refractivity contribution in [3.05, 3.63) is 0 Å². The lowest BCUT2D eigenvalue weighted by Crippen LogP contribution is -2.36. The number of aliphatic imine (C=N–C) groups is 1. The van der Waals surface area contributed by atoms with Crippen molar-refractivity contribution >= 4 is 6.34 Å². The second-order valence-electron chi connectivity index (χ2n) is 0.917. The van der Waals surface area contributed by atoms with Crippen molar-refractivity contribution in [3.8, 4) is 0 Å². The summed E-state index contributed by atoms with van der Waals surface area (Å²) in [7, 11) is 0. The van der Waals surface area contributed by atoms with Crippen molar-refractivity contribution in [1.82, 2.24) is 11.0 Å². The molecule has 0 aliphatic rings. The van der Waals surface area contributed by atoms with Gasteiger partial charge in [-0.1, -0.05) is 0 Å². The van der Waals surface area contributed by atoms with Crippen LogP contribution in [0.3, 0.4) is 0 Å². The number of nitrogens with two attached hydrogens (primary N) is 1. The molecular formula is C3H10N4. The second kappa shape index (κ2) is 5.39. The Morgan fingerprint density at radius 2 is 2.57 bits per heavy atom. The summed E-state index contributed by atoms with van der Waals surface area (Å²) >= 11 is 0. The molecule has 4 nitrogen and oxygen atoms in total. The van der Waals surface area contributed by atoms with E-state index in [1.165, 1.54) is 6.34 Å². The molecule has 42 valence electrons. The summed E-state index contributed by atoms with van der Waals surface area (Å²) in [5, 5.41) is 0. The molecule has 0 heterocycles. The van der Waals surface area contributed by atoms with E-state index >= 15 is 0 Å². The highest BCUT2D eigenvalue weighted by Crippen LogP contribution is 1.55. The lowest BCUT2D eigenvalue weighted by Gasteiger charge is -1.89.